The van der Waals surface area contributed by atoms with Crippen LogP contribution in [0.1, 0.15) is 16.7 Å². The van der Waals surface area contributed by atoms with Gasteiger partial charge in [-0.2, -0.15) is 0 Å². The summed E-state index contributed by atoms with van der Waals surface area (Å²) in [6.45, 7) is 0. The molecule has 0 saturated carbocycles. The minimum absolute atomic E-state index is 0.262. The average molecular weight is 326 g/mol. The van der Waals surface area contributed by atoms with Crippen LogP contribution in [0.15, 0.2) is 54.6 Å². The van der Waals surface area contributed by atoms with Crippen LogP contribution in [0.5, 0.6) is 0 Å². The highest BCUT2D eigenvalue weighted by Crippen LogP contribution is 2.19. The first-order chi connectivity index (χ1) is 11.5. The number of carbonyl (C=O) groups excluding carboxylic acids is 2. The molecule has 2 aromatic rings. The summed E-state index contributed by atoms with van der Waals surface area (Å²) in [5, 5.41) is 8.41. The van der Waals surface area contributed by atoms with E-state index in [1.54, 1.807) is 30.3 Å². The zero-order chi connectivity index (χ0) is 17.5. The minimum atomic E-state index is -0.633. The van der Waals surface area contributed by atoms with Crippen LogP contribution < -0.4 is 11.2 Å². The van der Waals surface area contributed by atoms with Crippen molar-refractivity contribution in [3.63, 3.8) is 0 Å². The molecule has 0 spiro atoms. The largest absolute Gasteiger partial charge is 0.366 e. The maximum Gasteiger partial charge on any atom is 0.267 e. The molecule has 0 fully saturated rings. The highest BCUT2D eigenvalue weighted by atomic mass is 19.1. The summed E-state index contributed by atoms with van der Waals surface area (Å²) < 4.78 is 13.0. The molecule has 0 unspecified atom stereocenters. The van der Waals surface area contributed by atoms with E-state index in [2.05, 4.69) is 0 Å². The first-order valence-electron chi connectivity index (χ1n) is 6.99. The zero-order valence-corrected chi connectivity index (χ0v) is 12.6. The summed E-state index contributed by atoms with van der Waals surface area (Å²) in [7, 11) is 0. The Labute approximate surface area is 137 Å². The highest BCUT2D eigenvalue weighted by molar-refractivity contribution is 6.23. The molecular formula is C18H15FN2O3. The third kappa shape index (κ3) is 4.62. The molecule has 0 aliphatic heterocycles. The van der Waals surface area contributed by atoms with Gasteiger partial charge in [0.1, 0.15) is 5.82 Å². The fourth-order valence-corrected chi connectivity index (χ4v) is 2.01. The van der Waals surface area contributed by atoms with E-state index in [1.807, 2.05) is 0 Å². The Balaban J connectivity index is 2.27. The molecule has 122 valence electrons. The van der Waals surface area contributed by atoms with Crippen molar-refractivity contribution in [1.29, 1.82) is 0 Å². The fourth-order valence-electron chi connectivity index (χ4n) is 2.01. The van der Waals surface area contributed by atoms with Crippen molar-refractivity contribution < 1.29 is 19.2 Å². The molecular weight excluding hydrogens is 311 g/mol. The molecule has 0 aromatic heterocycles. The van der Waals surface area contributed by atoms with E-state index in [1.165, 1.54) is 41.9 Å². The molecule has 0 radical (unpaired) electrons. The minimum Gasteiger partial charge on any atom is -0.366 e. The first-order valence-corrected chi connectivity index (χ1v) is 6.99. The van der Waals surface area contributed by atoms with Gasteiger partial charge in [0, 0.05) is 11.6 Å². The van der Waals surface area contributed by atoms with Crippen molar-refractivity contribution >= 4 is 29.5 Å². The summed E-state index contributed by atoms with van der Waals surface area (Å²) in [5.74, 6) is -1.65. The zero-order valence-electron chi connectivity index (χ0n) is 12.6. The Hall–Kier alpha value is -3.25. The number of hydroxylamine groups is 1. The number of rotatable bonds is 5. The first kappa shape index (κ1) is 17.1. The quantitative estimate of drug-likeness (QED) is 0.341. The van der Waals surface area contributed by atoms with Crippen molar-refractivity contribution in [2.75, 3.05) is 0 Å². The molecule has 2 rings (SSSR count). The molecule has 0 bridgehead atoms. The number of primary amides is 1. The molecule has 2 amide bonds. The summed E-state index contributed by atoms with van der Waals surface area (Å²) >= 11 is 0. The van der Waals surface area contributed by atoms with Crippen LogP contribution in [0, 0.1) is 5.82 Å². The van der Waals surface area contributed by atoms with Crippen LogP contribution in [0.4, 0.5) is 4.39 Å². The molecule has 0 atom stereocenters. The third-order valence-electron chi connectivity index (χ3n) is 3.21. The molecule has 2 aromatic carbocycles. The van der Waals surface area contributed by atoms with Crippen LogP contribution in [-0.4, -0.2) is 17.0 Å². The SMILES string of the molecule is NC(=O)/C(=C\c1ccc(/C=C/C(=O)NO)cc1)c1ccc(F)cc1. The van der Waals surface area contributed by atoms with Gasteiger partial charge in [-0.15, -0.1) is 0 Å². The second-order valence-corrected chi connectivity index (χ2v) is 4.91. The molecule has 0 saturated heterocycles. The van der Waals surface area contributed by atoms with E-state index in [0.717, 1.165) is 11.1 Å². The van der Waals surface area contributed by atoms with E-state index in [4.69, 9.17) is 10.9 Å². The van der Waals surface area contributed by atoms with Crippen LogP contribution in [0.2, 0.25) is 0 Å². The molecule has 24 heavy (non-hydrogen) atoms. The number of hydrogen-bond acceptors (Lipinski definition) is 3. The lowest BCUT2D eigenvalue weighted by Crippen LogP contribution is -2.14. The number of nitrogens with one attached hydrogen (secondary N) is 1. The van der Waals surface area contributed by atoms with Gasteiger partial charge < -0.3 is 5.73 Å². The Morgan fingerprint density at radius 2 is 1.58 bits per heavy atom. The van der Waals surface area contributed by atoms with Crippen molar-refractivity contribution in [2.24, 2.45) is 5.73 Å². The monoisotopic (exact) mass is 326 g/mol. The van der Waals surface area contributed by atoms with Gasteiger partial charge in [-0.3, -0.25) is 14.8 Å². The number of nitrogens with two attached hydrogens (primary N) is 1. The topological polar surface area (TPSA) is 92.4 Å². The van der Waals surface area contributed by atoms with E-state index in [-0.39, 0.29) is 5.57 Å². The standard InChI is InChI=1S/C18H15FN2O3/c19-15-8-6-14(7-9-15)16(18(20)23)11-13-3-1-12(2-4-13)5-10-17(22)21-24/h1-11,24H,(H2,20,23)(H,21,22)/b10-5+,16-11-. The van der Waals surface area contributed by atoms with Crippen LogP contribution >= 0.6 is 0 Å². The van der Waals surface area contributed by atoms with Crippen LogP contribution in [0.3, 0.4) is 0 Å². The number of halogens is 1. The average Bonchev–Trinajstić information content (AvgIpc) is 2.59. The van der Waals surface area contributed by atoms with Gasteiger partial charge in [0.05, 0.1) is 0 Å². The maximum absolute atomic E-state index is 13.0. The van der Waals surface area contributed by atoms with E-state index in [0.29, 0.717) is 5.56 Å². The summed E-state index contributed by atoms with van der Waals surface area (Å²) in [6.07, 6.45) is 4.30. The molecule has 4 N–H and O–H groups in total. The number of amides is 2. The van der Waals surface area contributed by atoms with Gasteiger partial charge in [-0.05, 0) is 41.0 Å². The van der Waals surface area contributed by atoms with Crippen molar-refractivity contribution in [3.8, 4) is 0 Å². The maximum atomic E-state index is 13.0. The normalized spacial score (nSPS) is 11.5. The van der Waals surface area contributed by atoms with Crippen molar-refractivity contribution in [2.45, 2.75) is 0 Å². The van der Waals surface area contributed by atoms with E-state index in [9.17, 15) is 14.0 Å². The summed E-state index contributed by atoms with van der Waals surface area (Å²) in [5.41, 5.74) is 9.13. The molecule has 0 aliphatic rings. The predicted molar refractivity (Wildman–Crippen MR) is 88.9 cm³/mol. The second-order valence-electron chi connectivity index (χ2n) is 4.91. The van der Waals surface area contributed by atoms with Crippen LogP contribution in [0.25, 0.3) is 17.7 Å². The van der Waals surface area contributed by atoms with Crippen molar-refractivity contribution in [3.05, 3.63) is 77.1 Å². The Kier molecular flexibility index (Phi) is 5.59. The third-order valence-corrected chi connectivity index (χ3v) is 3.21. The smallest absolute Gasteiger partial charge is 0.267 e. The predicted octanol–water partition coefficient (Wildman–Crippen LogP) is 2.37. The Morgan fingerprint density at radius 3 is 2.12 bits per heavy atom. The Bertz CT molecular complexity index is 794. The lowest BCUT2D eigenvalue weighted by molar-refractivity contribution is -0.124. The van der Waals surface area contributed by atoms with E-state index < -0.39 is 17.6 Å². The van der Waals surface area contributed by atoms with E-state index >= 15 is 0 Å². The van der Waals surface area contributed by atoms with Crippen LogP contribution in [-0.2, 0) is 9.59 Å². The van der Waals surface area contributed by atoms with Gasteiger partial charge in [0.25, 0.3) is 5.91 Å². The number of benzene rings is 2. The van der Waals surface area contributed by atoms with Crippen molar-refractivity contribution in [1.82, 2.24) is 5.48 Å². The number of carbonyl (C=O) groups is 2. The van der Waals surface area contributed by atoms with Gasteiger partial charge in [0.2, 0.25) is 5.91 Å². The highest BCUT2D eigenvalue weighted by Gasteiger charge is 2.08. The molecule has 0 heterocycles. The van der Waals surface area contributed by atoms with Gasteiger partial charge in [-0.25, -0.2) is 9.87 Å². The number of hydrogen-bond donors (Lipinski definition) is 3. The summed E-state index contributed by atoms with van der Waals surface area (Å²) in [4.78, 5) is 22.6. The molecule has 5 nitrogen and oxygen atoms in total. The van der Waals surface area contributed by atoms with Gasteiger partial charge >= 0.3 is 0 Å². The van der Waals surface area contributed by atoms with Gasteiger partial charge in [0.15, 0.2) is 0 Å². The lowest BCUT2D eigenvalue weighted by Gasteiger charge is -2.04. The fraction of sp³-hybridized carbons (Fsp3) is 0. The lowest BCUT2D eigenvalue weighted by atomic mass is 10.0. The second kappa shape index (κ2) is 7.85. The van der Waals surface area contributed by atoms with Gasteiger partial charge in [-0.1, -0.05) is 36.4 Å². The summed E-state index contributed by atoms with van der Waals surface area (Å²) in [6, 6.07) is 12.4. The molecule has 0 aliphatic carbocycles. The Morgan fingerprint density at radius 1 is 1.00 bits per heavy atom. The molecule has 6 heteroatoms.